The third-order valence-electron chi connectivity index (χ3n) is 2.89. The summed E-state index contributed by atoms with van der Waals surface area (Å²) >= 11 is 0. The standard InChI is InChI=1S/C10H12N2O8/c13-5-3-1-2-4-6(8(14)11-7(4)5)9(15,16)10(17,18)12(19)20/h1-3,11,13-20H. The number of benzene rings is 1. The number of hydrogen-bond acceptors (Lipinski definition) is 9. The van der Waals surface area contributed by atoms with Crippen molar-refractivity contribution in [1.82, 2.24) is 10.2 Å². The molecule has 0 spiro atoms. The molecule has 0 radical (unpaired) electrons. The van der Waals surface area contributed by atoms with E-state index in [0.29, 0.717) is 0 Å². The van der Waals surface area contributed by atoms with Crippen molar-refractivity contribution in [3.63, 3.8) is 0 Å². The van der Waals surface area contributed by atoms with Crippen LogP contribution in [0.5, 0.6) is 11.6 Å². The highest BCUT2D eigenvalue weighted by molar-refractivity contribution is 5.91. The molecule has 0 saturated heterocycles. The van der Waals surface area contributed by atoms with Gasteiger partial charge in [0.2, 0.25) is 0 Å². The van der Waals surface area contributed by atoms with Crippen LogP contribution in [0.15, 0.2) is 18.2 Å². The van der Waals surface area contributed by atoms with Crippen LogP contribution in [-0.4, -0.2) is 57.2 Å². The third-order valence-corrected chi connectivity index (χ3v) is 2.89. The fourth-order valence-corrected chi connectivity index (χ4v) is 1.85. The number of H-pyrrole nitrogens is 1. The molecule has 0 aliphatic carbocycles. The average Bonchev–Trinajstić information content (AvgIpc) is 2.67. The van der Waals surface area contributed by atoms with E-state index < -0.39 is 28.4 Å². The molecule has 0 amide bonds. The Labute approximate surface area is 110 Å². The highest BCUT2D eigenvalue weighted by atomic mass is 16.9. The smallest absolute Gasteiger partial charge is 0.332 e. The van der Waals surface area contributed by atoms with E-state index in [1.54, 1.807) is 0 Å². The first-order valence-electron chi connectivity index (χ1n) is 5.21. The van der Waals surface area contributed by atoms with Gasteiger partial charge in [0.05, 0.1) is 11.1 Å². The Balaban J connectivity index is 2.75. The van der Waals surface area contributed by atoms with E-state index in [1.807, 2.05) is 0 Å². The molecule has 1 aromatic carbocycles. The van der Waals surface area contributed by atoms with Crippen LogP contribution in [0, 0.1) is 0 Å². The highest BCUT2D eigenvalue weighted by Gasteiger charge is 2.56. The van der Waals surface area contributed by atoms with E-state index in [0.717, 1.165) is 0 Å². The van der Waals surface area contributed by atoms with Gasteiger partial charge in [0.25, 0.3) is 5.79 Å². The molecule has 9 N–H and O–H groups in total. The van der Waals surface area contributed by atoms with Gasteiger partial charge < -0.3 is 35.6 Å². The first kappa shape index (κ1) is 14.5. The maximum Gasteiger partial charge on any atom is 0.332 e. The molecule has 10 nitrogen and oxygen atoms in total. The van der Waals surface area contributed by atoms with E-state index in [9.17, 15) is 30.6 Å². The number of phenols is 1. The van der Waals surface area contributed by atoms with Gasteiger partial charge in [-0.3, -0.25) is 10.4 Å². The molecule has 2 rings (SSSR count). The fourth-order valence-electron chi connectivity index (χ4n) is 1.85. The topological polar surface area (TPSA) is 181 Å². The van der Waals surface area contributed by atoms with Crippen molar-refractivity contribution in [3.05, 3.63) is 23.8 Å². The second-order valence-corrected chi connectivity index (χ2v) is 4.15. The number of fused-ring (bicyclic) bond motifs is 1. The lowest BCUT2D eigenvalue weighted by Gasteiger charge is -2.35. The number of aliphatic hydroxyl groups is 4. The zero-order chi connectivity index (χ0) is 15.3. The van der Waals surface area contributed by atoms with Crippen LogP contribution in [-0.2, 0) is 5.79 Å². The minimum atomic E-state index is -3.95. The zero-order valence-corrected chi connectivity index (χ0v) is 9.76. The van der Waals surface area contributed by atoms with Crippen LogP contribution in [0.1, 0.15) is 5.56 Å². The summed E-state index contributed by atoms with van der Waals surface area (Å²) in [7, 11) is 0. The lowest BCUT2D eigenvalue weighted by molar-refractivity contribution is -0.542. The van der Waals surface area contributed by atoms with Crippen LogP contribution in [0.4, 0.5) is 0 Å². The van der Waals surface area contributed by atoms with Gasteiger partial charge in [0.1, 0.15) is 5.75 Å². The second kappa shape index (κ2) is 4.29. The van der Waals surface area contributed by atoms with Crippen molar-refractivity contribution in [3.8, 4) is 11.6 Å². The minimum absolute atomic E-state index is 0.120. The molecule has 0 bridgehead atoms. The Morgan fingerprint density at radius 2 is 1.60 bits per heavy atom. The Kier molecular flexibility index (Phi) is 3.11. The predicted molar refractivity (Wildman–Crippen MR) is 60.3 cm³/mol. The van der Waals surface area contributed by atoms with Gasteiger partial charge >= 0.3 is 5.91 Å². The number of phenolic OH excluding ortho intramolecular Hbond substituents is 1. The van der Waals surface area contributed by atoms with Crippen molar-refractivity contribution in [2.45, 2.75) is 11.7 Å². The summed E-state index contributed by atoms with van der Waals surface area (Å²) in [5, 5.41) is 73.3. The Hall–Kier alpha value is -1.92. The monoisotopic (exact) mass is 288 g/mol. The normalized spacial score (nSPS) is 13.3. The summed E-state index contributed by atoms with van der Waals surface area (Å²) in [6.07, 6.45) is 0. The second-order valence-electron chi connectivity index (χ2n) is 4.15. The van der Waals surface area contributed by atoms with Crippen LogP contribution in [0.25, 0.3) is 10.9 Å². The molecule has 20 heavy (non-hydrogen) atoms. The quantitative estimate of drug-likeness (QED) is 0.238. The first-order chi connectivity index (χ1) is 9.10. The summed E-state index contributed by atoms with van der Waals surface area (Å²) in [6.45, 7) is 0. The SMILES string of the molecule is Oc1[nH]c2c(O)cccc2c1C(O)(O)C(O)(O)N(O)O. The molecule has 2 aromatic rings. The minimum Gasteiger partial charge on any atom is -0.506 e. The largest absolute Gasteiger partial charge is 0.506 e. The number of hydroxylamine groups is 2. The molecule has 1 aromatic heterocycles. The fraction of sp³-hybridized carbons (Fsp3) is 0.200. The Morgan fingerprint density at radius 3 is 2.15 bits per heavy atom. The molecule has 0 aliphatic heterocycles. The lowest BCUT2D eigenvalue weighted by atomic mass is 10.0. The van der Waals surface area contributed by atoms with Gasteiger partial charge in [-0.1, -0.05) is 12.1 Å². The number of rotatable bonds is 3. The molecular formula is C10H12N2O8. The van der Waals surface area contributed by atoms with E-state index >= 15 is 0 Å². The molecule has 0 fully saturated rings. The van der Waals surface area contributed by atoms with E-state index in [2.05, 4.69) is 4.98 Å². The molecule has 110 valence electrons. The van der Waals surface area contributed by atoms with Gasteiger partial charge in [-0.05, 0) is 11.3 Å². The molecule has 0 aliphatic rings. The van der Waals surface area contributed by atoms with Crippen LogP contribution >= 0.6 is 0 Å². The van der Waals surface area contributed by atoms with Gasteiger partial charge in [-0.25, -0.2) is 0 Å². The molecule has 0 atom stereocenters. The van der Waals surface area contributed by atoms with Gasteiger partial charge in [0, 0.05) is 5.39 Å². The summed E-state index contributed by atoms with van der Waals surface area (Å²) in [5.41, 5.74) is -0.993. The Bertz CT molecular complexity index is 648. The van der Waals surface area contributed by atoms with Crippen molar-refractivity contribution in [1.29, 1.82) is 0 Å². The molecular weight excluding hydrogens is 276 g/mol. The lowest BCUT2D eigenvalue weighted by Crippen LogP contribution is -2.61. The van der Waals surface area contributed by atoms with Crippen molar-refractivity contribution >= 4 is 10.9 Å². The third kappa shape index (κ3) is 1.80. The maximum atomic E-state index is 9.77. The summed E-state index contributed by atoms with van der Waals surface area (Å²) in [5.74, 6) is -8.93. The van der Waals surface area contributed by atoms with Gasteiger partial charge in [0.15, 0.2) is 5.88 Å². The summed E-state index contributed by atoms with van der Waals surface area (Å²) in [6, 6.07) is 3.74. The van der Waals surface area contributed by atoms with Crippen molar-refractivity contribution < 1.29 is 41.1 Å². The zero-order valence-electron chi connectivity index (χ0n) is 9.76. The average molecular weight is 288 g/mol. The van der Waals surface area contributed by atoms with Crippen LogP contribution in [0.2, 0.25) is 0 Å². The van der Waals surface area contributed by atoms with E-state index in [1.165, 1.54) is 18.2 Å². The maximum absolute atomic E-state index is 9.77. The molecule has 0 saturated carbocycles. The number of aromatic hydroxyl groups is 2. The number of aromatic amines is 1. The number of para-hydroxylation sites is 1. The van der Waals surface area contributed by atoms with Gasteiger partial charge in [-0.15, -0.1) is 0 Å². The number of nitrogens with zero attached hydrogens (tertiary/aromatic N) is 1. The molecule has 0 unspecified atom stereocenters. The summed E-state index contributed by atoms with van der Waals surface area (Å²) in [4.78, 5) is 2.19. The highest BCUT2D eigenvalue weighted by Crippen LogP contribution is 2.42. The molecule has 1 heterocycles. The number of hydrogen-bond donors (Lipinski definition) is 9. The molecule has 10 heteroatoms. The number of nitrogens with one attached hydrogen (secondary N) is 1. The first-order valence-corrected chi connectivity index (χ1v) is 5.21. The van der Waals surface area contributed by atoms with E-state index in [4.69, 9.17) is 10.4 Å². The van der Waals surface area contributed by atoms with Crippen molar-refractivity contribution in [2.24, 2.45) is 0 Å². The predicted octanol–water partition coefficient (Wildman–Crippen LogP) is -1.56. The summed E-state index contributed by atoms with van der Waals surface area (Å²) < 4.78 is 0. The number of aromatic nitrogens is 1. The van der Waals surface area contributed by atoms with Gasteiger partial charge in [-0.2, -0.15) is 0 Å². The Morgan fingerprint density at radius 1 is 1.00 bits per heavy atom. The van der Waals surface area contributed by atoms with Crippen LogP contribution in [0.3, 0.4) is 0 Å². The van der Waals surface area contributed by atoms with Crippen LogP contribution < -0.4 is 0 Å². The van der Waals surface area contributed by atoms with E-state index in [-0.39, 0.29) is 16.7 Å². The van der Waals surface area contributed by atoms with Crippen molar-refractivity contribution in [2.75, 3.05) is 0 Å².